The Bertz CT molecular complexity index is 3730. The second-order valence-corrected chi connectivity index (χ2v) is 19.1. The van der Waals surface area contributed by atoms with E-state index in [1.165, 1.54) is 59.8 Å². The van der Waals surface area contributed by atoms with Gasteiger partial charge in [-0.2, -0.15) is 0 Å². The van der Waals surface area contributed by atoms with Crippen molar-refractivity contribution in [3.63, 3.8) is 0 Å². The summed E-state index contributed by atoms with van der Waals surface area (Å²) in [4.78, 5) is 5.12. The van der Waals surface area contributed by atoms with Gasteiger partial charge in [0.1, 0.15) is 45.3 Å². The maximum Gasteiger partial charge on any atom is 0.256 e. The zero-order valence-corrected chi connectivity index (χ0v) is 35.4. The van der Waals surface area contributed by atoms with E-state index in [2.05, 4.69) is 158 Å². The summed E-state index contributed by atoms with van der Waals surface area (Å²) in [5.74, 6) is 3.25. The molecule has 296 valence electrons. The number of para-hydroxylation sites is 2. The van der Waals surface area contributed by atoms with E-state index >= 15 is 0 Å². The fourth-order valence-electron chi connectivity index (χ4n) is 12.0. The molecule has 7 heterocycles. The SMILES string of the molecule is Cc1cc2c3c(c1)B1c4cc5c(oc6ccccc65)c(-c5ccccc5)c4Oc4cc5c6c(c41)N3c1c(cc(C)cc1B6c1cc3c(oc4ccccc43)c(-c3ccccc3)c1O5)S2. The lowest BCUT2D eigenvalue weighted by Gasteiger charge is -2.50. The molecule has 0 bridgehead atoms. The van der Waals surface area contributed by atoms with Crippen molar-refractivity contribution in [2.24, 2.45) is 0 Å². The van der Waals surface area contributed by atoms with E-state index in [0.717, 1.165) is 100 Å². The van der Waals surface area contributed by atoms with Crippen LogP contribution < -0.4 is 47.2 Å². The summed E-state index contributed by atoms with van der Waals surface area (Å²) in [5, 5.41) is 4.38. The van der Waals surface area contributed by atoms with Gasteiger partial charge in [-0.3, -0.25) is 0 Å². The smallest absolute Gasteiger partial charge is 0.256 e. The van der Waals surface area contributed by atoms with Crippen LogP contribution in [0, 0.1) is 13.8 Å². The van der Waals surface area contributed by atoms with Gasteiger partial charge in [0.05, 0.1) is 22.5 Å². The molecule has 2 aromatic heterocycles. The second-order valence-electron chi connectivity index (χ2n) is 18.0. The average molecular weight is 836 g/mol. The number of hydrogen-bond donors (Lipinski definition) is 0. The van der Waals surface area contributed by atoms with Crippen LogP contribution in [0.2, 0.25) is 0 Å². The van der Waals surface area contributed by atoms with E-state index in [-0.39, 0.29) is 13.4 Å². The van der Waals surface area contributed by atoms with Crippen molar-refractivity contribution in [2.75, 3.05) is 4.90 Å². The summed E-state index contributed by atoms with van der Waals surface area (Å²) in [7, 11) is 0. The standard InChI is InChI=1S/C56H31B2NO4S/c1-28-21-36-50-44(23-28)64-45-24-29(2)22-37-51(45)59(50)52-48-42(62-55-38(57(36)48)25-34-32-17-9-11-19-40(32)60-53(34)46(55)30-13-5-3-6-14-30)27-43-49(52)58(37)39-26-35-33-18-10-12-20-41(33)61-54(35)47(56(39)63-43)31-15-7-4-8-16-31/h3-27H,1-2H3. The van der Waals surface area contributed by atoms with Gasteiger partial charge in [0.15, 0.2) is 0 Å². The number of anilines is 3. The molecule has 0 spiro atoms. The van der Waals surface area contributed by atoms with Crippen molar-refractivity contribution in [2.45, 2.75) is 23.6 Å². The van der Waals surface area contributed by atoms with Crippen LogP contribution in [-0.4, -0.2) is 13.4 Å². The average Bonchev–Trinajstić information content (AvgIpc) is 3.88. The van der Waals surface area contributed by atoms with Crippen molar-refractivity contribution in [3.8, 4) is 45.3 Å². The lowest BCUT2D eigenvalue weighted by atomic mass is 9.29. The quantitative estimate of drug-likeness (QED) is 0.162. The molecule has 0 radical (unpaired) electrons. The number of furan rings is 2. The van der Waals surface area contributed by atoms with Gasteiger partial charge < -0.3 is 23.2 Å². The maximum absolute atomic E-state index is 7.51. The van der Waals surface area contributed by atoms with Crippen LogP contribution in [0.15, 0.2) is 170 Å². The van der Waals surface area contributed by atoms with Crippen LogP contribution in [0.25, 0.3) is 66.1 Å². The molecule has 11 aromatic rings. The van der Waals surface area contributed by atoms with Crippen LogP contribution >= 0.6 is 11.8 Å². The third-order valence-corrected chi connectivity index (χ3v) is 15.4. The van der Waals surface area contributed by atoms with Crippen molar-refractivity contribution < 1.29 is 18.3 Å². The highest BCUT2D eigenvalue weighted by molar-refractivity contribution is 7.99. The summed E-state index contributed by atoms with van der Waals surface area (Å²) < 4.78 is 28.7. The summed E-state index contributed by atoms with van der Waals surface area (Å²) in [6.07, 6.45) is 0. The first-order valence-corrected chi connectivity index (χ1v) is 22.8. The van der Waals surface area contributed by atoms with E-state index in [1.54, 1.807) is 0 Å². The first-order chi connectivity index (χ1) is 31.6. The first kappa shape index (κ1) is 34.0. The number of ether oxygens (including phenoxy) is 2. The molecule has 5 aliphatic rings. The van der Waals surface area contributed by atoms with E-state index in [1.807, 2.05) is 23.9 Å². The van der Waals surface area contributed by atoms with Crippen LogP contribution in [0.3, 0.4) is 0 Å². The molecule has 0 aliphatic carbocycles. The molecular weight excluding hydrogens is 804 g/mol. The minimum absolute atomic E-state index is 0.124. The summed E-state index contributed by atoms with van der Waals surface area (Å²) in [6.45, 7) is 4.23. The lowest BCUT2D eigenvalue weighted by molar-refractivity contribution is 0.467. The highest BCUT2D eigenvalue weighted by atomic mass is 32.2. The number of fused-ring (bicyclic) bond motifs is 12. The van der Waals surface area contributed by atoms with Gasteiger partial charge in [-0.1, -0.05) is 144 Å². The monoisotopic (exact) mass is 835 g/mol. The van der Waals surface area contributed by atoms with Crippen molar-refractivity contribution >= 4 is 119 Å². The van der Waals surface area contributed by atoms with E-state index in [9.17, 15) is 0 Å². The van der Waals surface area contributed by atoms with E-state index in [4.69, 9.17) is 18.3 Å². The Morgan fingerprint density at radius 1 is 0.438 bits per heavy atom. The zero-order chi connectivity index (χ0) is 41.7. The number of rotatable bonds is 2. The fourth-order valence-corrected chi connectivity index (χ4v) is 13.3. The number of benzene rings is 9. The molecular formula is C56H31B2NO4S. The number of hydrogen-bond acceptors (Lipinski definition) is 6. The third kappa shape index (κ3) is 4.12. The molecule has 5 nitrogen and oxygen atoms in total. The molecule has 0 amide bonds. The number of aryl methyl sites for hydroxylation is 2. The molecule has 8 heteroatoms. The van der Waals surface area contributed by atoms with Gasteiger partial charge in [-0.15, -0.1) is 0 Å². The topological polar surface area (TPSA) is 48.0 Å². The van der Waals surface area contributed by atoms with Gasteiger partial charge in [0.2, 0.25) is 0 Å². The summed E-state index contributed by atoms with van der Waals surface area (Å²) in [5.41, 5.74) is 20.8. The summed E-state index contributed by atoms with van der Waals surface area (Å²) in [6, 6.07) is 54.5. The minimum Gasteiger partial charge on any atom is -0.457 e. The van der Waals surface area contributed by atoms with Crippen molar-refractivity contribution in [3.05, 3.63) is 163 Å². The van der Waals surface area contributed by atoms with Crippen molar-refractivity contribution in [1.29, 1.82) is 0 Å². The molecule has 0 saturated heterocycles. The van der Waals surface area contributed by atoms with Gasteiger partial charge >= 0.3 is 0 Å². The predicted octanol–water partition coefficient (Wildman–Crippen LogP) is 11.2. The largest absolute Gasteiger partial charge is 0.457 e. The Labute approximate surface area is 372 Å². The fraction of sp³-hybridized carbons (Fsp3) is 0.0357. The Morgan fingerprint density at radius 2 is 0.891 bits per heavy atom. The van der Waals surface area contributed by atoms with Gasteiger partial charge in [-0.25, -0.2) is 0 Å². The van der Waals surface area contributed by atoms with E-state index < -0.39 is 0 Å². The number of nitrogens with zero attached hydrogens (tertiary/aromatic N) is 1. The molecule has 64 heavy (non-hydrogen) atoms. The molecule has 5 aliphatic heterocycles. The molecule has 16 rings (SSSR count). The normalized spacial score (nSPS) is 14.2. The lowest BCUT2D eigenvalue weighted by Crippen LogP contribution is -2.67. The third-order valence-electron chi connectivity index (χ3n) is 14.4. The van der Waals surface area contributed by atoms with Crippen LogP contribution in [-0.2, 0) is 0 Å². The van der Waals surface area contributed by atoms with Crippen LogP contribution in [0.1, 0.15) is 11.1 Å². The molecule has 0 fully saturated rings. The molecule has 0 N–H and O–H groups in total. The second kappa shape index (κ2) is 11.7. The maximum atomic E-state index is 7.51. The van der Waals surface area contributed by atoms with Gasteiger partial charge in [0, 0.05) is 43.1 Å². The molecule has 0 saturated carbocycles. The molecule has 0 atom stereocenters. The Hall–Kier alpha value is -7.54. The van der Waals surface area contributed by atoms with Gasteiger partial charge in [0.25, 0.3) is 13.4 Å². The highest BCUT2D eigenvalue weighted by Crippen LogP contribution is 2.57. The Kier molecular flexibility index (Phi) is 6.23. The Morgan fingerprint density at radius 3 is 1.38 bits per heavy atom. The van der Waals surface area contributed by atoms with Gasteiger partial charge in [-0.05, 0) is 82.0 Å². The minimum atomic E-state index is -0.124. The first-order valence-electron chi connectivity index (χ1n) is 22.0. The highest BCUT2D eigenvalue weighted by Gasteiger charge is 2.54. The summed E-state index contributed by atoms with van der Waals surface area (Å²) >= 11 is 1.91. The molecule has 0 unspecified atom stereocenters. The predicted molar refractivity (Wildman–Crippen MR) is 262 cm³/mol. The Balaban J connectivity index is 1.07. The van der Waals surface area contributed by atoms with E-state index in [0.29, 0.717) is 0 Å². The van der Waals surface area contributed by atoms with Crippen LogP contribution in [0.4, 0.5) is 17.1 Å². The van der Waals surface area contributed by atoms with Crippen molar-refractivity contribution in [1.82, 2.24) is 0 Å². The molecule has 9 aromatic carbocycles. The zero-order valence-electron chi connectivity index (χ0n) is 34.6. The van der Waals surface area contributed by atoms with Crippen LogP contribution in [0.5, 0.6) is 23.0 Å².